The van der Waals surface area contributed by atoms with Gasteiger partial charge in [0, 0.05) is 51.3 Å². The Labute approximate surface area is 134 Å². The summed E-state index contributed by atoms with van der Waals surface area (Å²) in [6, 6.07) is 2.39. The molecular formula is C16H21N5O2. The van der Waals surface area contributed by atoms with Crippen LogP contribution in [-0.4, -0.2) is 51.9 Å². The maximum atomic E-state index is 11.8. The molecule has 2 saturated heterocycles. The molecule has 0 N–H and O–H groups in total. The fourth-order valence-corrected chi connectivity index (χ4v) is 3.28. The Balaban J connectivity index is 1.28. The van der Waals surface area contributed by atoms with Crippen LogP contribution in [0.5, 0.6) is 0 Å². The van der Waals surface area contributed by atoms with E-state index >= 15 is 0 Å². The van der Waals surface area contributed by atoms with Gasteiger partial charge in [0.05, 0.1) is 23.6 Å². The van der Waals surface area contributed by atoms with Gasteiger partial charge in [0.1, 0.15) is 5.76 Å². The van der Waals surface area contributed by atoms with Crippen LogP contribution in [0.3, 0.4) is 0 Å². The number of anilines is 1. The van der Waals surface area contributed by atoms with E-state index in [0.29, 0.717) is 12.5 Å². The van der Waals surface area contributed by atoms with Crippen molar-refractivity contribution in [2.75, 3.05) is 31.1 Å². The molecular weight excluding hydrogens is 294 g/mol. The van der Waals surface area contributed by atoms with Gasteiger partial charge in [0.2, 0.25) is 5.91 Å². The molecule has 1 amide bonds. The summed E-state index contributed by atoms with van der Waals surface area (Å²) in [6.45, 7) is 5.71. The molecule has 2 aromatic heterocycles. The Hall–Kier alpha value is -2.15. The Morgan fingerprint density at radius 1 is 1.39 bits per heavy atom. The van der Waals surface area contributed by atoms with E-state index in [1.54, 1.807) is 0 Å². The van der Waals surface area contributed by atoms with E-state index in [1.807, 2.05) is 35.0 Å². The molecule has 0 aromatic carbocycles. The van der Waals surface area contributed by atoms with E-state index in [2.05, 4.69) is 15.2 Å². The van der Waals surface area contributed by atoms with Crippen LogP contribution in [0.25, 0.3) is 0 Å². The first-order valence-electron chi connectivity index (χ1n) is 8.18. The monoisotopic (exact) mass is 315 g/mol. The van der Waals surface area contributed by atoms with E-state index in [1.165, 1.54) is 0 Å². The number of hydrogen-bond donors (Lipinski definition) is 0. The molecule has 2 fully saturated rings. The van der Waals surface area contributed by atoms with E-state index in [4.69, 9.17) is 4.52 Å². The largest absolute Gasteiger partial charge is 0.361 e. The number of aryl methyl sites for hydroxylation is 1. The van der Waals surface area contributed by atoms with Crippen molar-refractivity contribution < 1.29 is 9.32 Å². The molecule has 7 heteroatoms. The van der Waals surface area contributed by atoms with Gasteiger partial charge in [-0.2, -0.15) is 5.10 Å². The van der Waals surface area contributed by atoms with Gasteiger partial charge in [-0.3, -0.25) is 14.4 Å². The predicted molar refractivity (Wildman–Crippen MR) is 84.2 cm³/mol. The zero-order chi connectivity index (χ0) is 15.8. The van der Waals surface area contributed by atoms with Crippen LogP contribution >= 0.6 is 0 Å². The van der Waals surface area contributed by atoms with Gasteiger partial charge in [0.25, 0.3) is 0 Å². The highest BCUT2D eigenvalue weighted by Crippen LogP contribution is 2.25. The molecule has 0 saturated carbocycles. The number of amides is 1. The standard InChI is InChI=1S/C16H21N5O2/c1-12-7-15(23-18-12)4-6-19-9-14(10-19)21-11-13(8-17-21)20-5-2-3-16(20)22/h7-8,11,14H,2-6,9-10H2,1H3. The minimum atomic E-state index is 0.210. The molecule has 0 spiro atoms. The predicted octanol–water partition coefficient (Wildman–Crippen LogP) is 1.41. The van der Waals surface area contributed by atoms with Crippen molar-refractivity contribution >= 4 is 11.6 Å². The number of carbonyl (C=O) groups excluding carboxylic acids is 1. The van der Waals surface area contributed by atoms with Crippen molar-refractivity contribution in [3.8, 4) is 0 Å². The quantitative estimate of drug-likeness (QED) is 0.834. The van der Waals surface area contributed by atoms with Crippen LogP contribution < -0.4 is 4.90 Å². The first kappa shape index (κ1) is 14.4. The lowest BCUT2D eigenvalue weighted by molar-refractivity contribution is -0.117. The molecule has 4 heterocycles. The summed E-state index contributed by atoms with van der Waals surface area (Å²) in [4.78, 5) is 16.0. The lowest BCUT2D eigenvalue weighted by Gasteiger charge is -2.39. The van der Waals surface area contributed by atoms with Gasteiger partial charge in [-0.1, -0.05) is 5.16 Å². The zero-order valence-corrected chi connectivity index (χ0v) is 13.3. The van der Waals surface area contributed by atoms with Crippen LogP contribution in [0.4, 0.5) is 5.69 Å². The number of aromatic nitrogens is 3. The molecule has 2 aromatic rings. The van der Waals surface area contributed by atoms with Crippen LogP contribution in [0, 0.1) is 6.92 Å². The first-order chi connectivity index (χ1) is 11.2. The van der Waals surface area contributed by atoms with Crippen molar-refractivity contribution in [3.05, 3.63) is 29.9 Å². The van der Waals surface area contributed by atoms with Gasteiger partial charge >= 0.3 is 0 Å². The second kappa shape index (κ2) is 5.81. The van der Waals surface area contributed by atoms with Crippen molar-refractivity contribution in [1.82, 2.24) is 19.8 Å². The maximum absolute atomic E-state index is 11.8. The van der Waals surface area contributed by atoms with Gasteiger partial charge in [0.15, 0.2) is 0 Å². The topological polar surface area (TPSA) is 67.4 Å². The molecule has 122 valence electrons. The van der Waals surface area contributed by atoms with Crippen LogP contribution in [0.2, 0.25) is 0 Å². The summed E-state index contributed by atoms with van der Waals surface area (Å²) in [5.41, 5.74) is 1.87. The SMILES string of the molecule is Cc1cc(CCN2CC(n3cc(N4CCCC4=O)cn3)C2)on1. The molecule has 0 radical (unpaired) electrons. The normalized spacial score (nSPS) is 19.5. The second-order valence-corrected chi connectivity index (χ2v) is 6.43. The molecule has 0 unspecified atom stereocenters. The van der Waals surface area contributed by atoms with Crippen molar-refractivity contribution in [2.45, 2.75) is 32.2 Å². The molecule has 0 aliphatic carbocycles. The first-order valence-corrected chi connectivity index (χ1v) is 8.18. The number of rotatable bonds is 5. The smallest absolute Gasteiger partial charge is 0.227 e. The molecule has 2 aliphatic rings. The van der Waals surface area contributed by atoms with Crippen LogP contribution in [-0.2, 0) is 11.2 Å². The van der Waals surface area contributed by atoms with Crippen molar-refractivity contribution in [1.29, 1.82) is 0 Å². The third-order valence-electron chi connectivity index (χ3n) is 4.64. The highest BCUT2D eigenvalue weighted by molar-refractivity contribution is 5.95. The fourth-order valence-electron chi connectivity index (χ4n) is 3.28. The van der Waals surface area contributed by atoms with E-state index in [9.17, 15) is 4.79 Å². The molecule has 0 atom stereocenters. The van der Waals surface area contributed by atoms with Gasteiger partial charge in [-0.05, 0) is 13.3 Å². The minimum Gasteiger partial charge on any atom is -0.361 e. The molecule has 2 aliphatic heterocycles. The maximum Gasteiger partial charge on any atom is 0.227 e. The van der Waals surface area contributed by atoms with E-state index < -0.39 is 0 Å². The van der Waals surface area contributed by atoms with Crippen molar-refractivity contribution in [2.24, 2.45) is 0 Å². The minimum absolute atomic E-state index is 0.210. The summed E-state index contributed by atoms with van der Waals surface area (Å²) in [5, 5.41) is 8.35. The molecule has 7 nitrogen and oxygen atoms in total. The highest BCUT2D eigenvalue weighted by atomic mass is 16.5. The Bertz CT molecular complexity index is 701. The van der Waals surface area contributed by atoms with Crippen molar-refractivity contribution in [3.63, 3.8) is 0 Å². The number of carbonyl (C=O) groups is 1. The molecule has 23 heavy (non-hydrogen) atoms. The van der Waals surface area contributed by atoms with Gasteiger partial charge in [-0.15, -0.1) is 0 Å². The summed E-state index contributed by atoms with van der Waals surface area (Å²) in [7, 11) is 0. The third kappa shape index (κ3) is 2.88. The average molecular weight is 315 g/mol. The summed E-state index contributed by atoms with van der Waals surface area (Å²) < 4.78 is 7.23. The van der Waals surface area contributed by atoms with Crippen LogP contribution in [0.15, 0.2) is 23.0 Å². The second-order valence-electron chi connectivity index (χ2n) is 6.43. The summed E-state index contributed by atoms with van der Waals surface area (Å²) in [6.07, 6.45) is 6.31. The Morgan fingerprint density at radius 3 is 2.96 bits per heavy atom. The summed E-state index contributed by atoms with van der Waals surface area (Å²) in [5.74, 6) is 1.15. The van der Waals surface area contributed by atoms with E-state index in [0.717, 1.165) is 56.2 Å². The number of likely N-dealkylation sites (tertiary alicyclic amines) is 1. The van der Waals surface area contributed by atoms with Crippen LogP contribution in [0.1, 0.15) is 30.3 Å². The molecule has 4 rings (SSSR count). The van der Waals surface area contributed by atoms with E-state index in [-0.39, 0.29) is 5.91 Å². The Morgan fingerprint density at radius 2 is 2.26 bits per heavy atom. The molecule has 0 bridgehead atoms. The number of hydrogen-bond acceptors (Lipinski definition) is 5. The fraction of sp³-hybridized carbons (Fsp3) is 0.562. The van der Waals surface area contributed by atoms with Gasteiger partial charge in [-0.25, -0.2) is 0 Å². The lowest BCUT2D eigenvalue weighted by Crippen LogP contribution is -2.48. The Kier molecular flexibility index (Phi) is 3.65. The zero-order valence-electron chi connectivity index (χ0n) is 13.3. The average Bonchev–Trinajstić information content (AvgIpc) is 3.19. The third-order valence-corrected chi connectivity index (χ3v) is 4.64. The lowest BCUT2D eigenvalue weighted by atomic mass is 10.1. The highest BCUT2D eigenvalue weighted by Gasteiger charge is 2.30. The summed E-state index contributed by atoms with van der Waals surface area (Å²) >= 11 is 0. The number of nitrogens with zero attached hydrogens (tertiary/aromatic N) is 5. The van der Waals surface area contributed by atoms with Gasteiger partial charge < -0.3 is 9.42 Å².